The zero-order valence-corrected chi connectivity index (χ0v) is 32.3. The molecule has 0 aliphatic heterocycles. The Bertz CT molecular complexity index is 1630. The fraction of sp³-hybridized carbons (Fsp3) is 0.212. The van der Waals surface area contributed by atoms with E-state index in [0.717, 1.165) is 0 Å². The van der Waals surface area contributed by atoms with Gasteiger partial charge in [0.2, 0.25) is 0 Å². The van der Waals surface area contributed by atoms with Crippen LogP contribution in [0.3, 0.4) is 0 Å². The van der Waals surface area contributed by atoms with Gasteiger partial charge in [0.05, 0.1) is 12.1 Å². The normalized spacial score (nSPS) is 10.8. The fourth-order valence-corrected chi connectivity index (χ4v) is 8.59. The number of hydrogen-bond donors (Lipinski definition) is 0. The Morgan fingerprint density at radius 3 is 0.808 bits per heavy atom. The Kier molecular flexibility index (Phi) is 25.2. The SMILES string of the molecule is CC#N.CC#N.O=S(=O)([O-])C(F)(F)F.O=S(=O)([O-])C(F)(F)F.[Pd+2].c1ccc(P(CCCP(c2ccccc2)c2ccccc2)c2ccccc2)cc1. The predicted molar refractivity (Wildman–Crippen MR) is 187 cm³/mol. The van der Waals surface area contributed by atoms with Gasteiger partial charge in [-0.05, 0) is 55.8 Å². The van der Waals surface area contributed by atoms with Crippen LogP contribution in [-0.2, 0) is 40.7 Å². The van der Waals surface area contributed by atoms with E-state index >= 15 is 0 Å². The smallest absolute Gasteiger partial charge is 0.741 e. The van der Waals surface area contributed by atoms with Gasteiger partial charge in [-0.15, -0.1) is 0 Å². The Balaban J connectivity index is 0. The van der Waals surface area contributed by atoms with Gasteiger partial charge in [0.15, 0.2) is 20.2 Å². The van der Waals surface area contributed by atoms with Gasteiger partial charge >= 0.3 is 31.4 Å². The quantitative estimate of drug-likeness (QED) is 0.0614. The molecule has 284 valence electrons. The van der Waals surface area contributed by atoms with E-state index in [2.05, 4.69) is 121 Å². The molecule has 19 heteroatoms. The molecule has 0 aliphatic carbocycles. The van der Waals surface area contributed by atoms with Crippen molar-refractivity contribution in [3.05, 3.63) is 121 Å². The first-order valence-electron chi connectivity index (χ1n) is 14.2. The molecule has 8 nitrogen and oxygen atoms in total. The van der Waals surface area contributed by atoms with Gasteiger partial charge in [-0.25, -0.2) is 16.8 Å². The number of nitriles is 2. The van der Waals surface area contributed by atoms with Crippen LogP contribution in [0.2, 0.25) is 0 Å². The van der Waals surface area contributed by atoms with Gasteiger partial charge in [0, 0.05) is 13.8 Å². The summed E-state index contributed by atoms with van der Waals surface area (Å²) in [5.74, 6) is 0. The minimum atomic E-state index is -6.09. The fourth-order valence-electron chi connectivity index (χ4n) is 3.63. The molecule has 0 unspecified atom stereocenters. The topological polar surface area (TPSA) is 162 Å². The molecule has 0 saturated heterocycles. The number of hydrogen-bond acceptors (Lipinski definition) is 8. The Morgan fingerprint density at radius 1 is 0.519 bits per heavy atom. The summed E-state index contributed by atoms with van der Waals surface area (Å²) in [6.45, 7) is 2.86. The van der Waals surface area contributed by atoms with Crippen LogP contribution in [0.1, 0.15) is 20.3 Å². The zero-order chi connectivity index (χ0) is 39.1. The van der Waals surface area contributed by atoms with Crippen LogP contribution in [0, 0.1) is 22.7 Å². The summed E-state index contributed by atoms with van der Waals surface area (Å²) in [5.41, 5.74) is -11.3. The van der Waals surface area contributed by atoms with E-state index in [0.29, 0.717) is 0 Å². The average Bonchev–Trinajstić information content (AvgIpc) is 3.06. The van der Waals surface area contributed by atoms with Crippen molar-refractivity contribution in [1.29, 1.82) is 10.5 Å². The van der Waals surface area contributed by atoms with Crippen molar-refractivity contribution in [2.75, 3.05) is 12.3 Å². The minimum Gasteiger partial charge on any atom is -0.741 e. The van der Waals surface area contributed by atoms with Gasteiger partial charge < -0.3 is 9.11 Å². The van der Waals surface area contributed by atoms with Crippen LogP contribution >= 0.6 is 15.8 Å². The number of rotatable bonds is 8. The van der Waals surface area contributed by atoms with Crippen LogP contribution in [0.15, 0.2) is 121 Å². The molecule has 4 aromatic rings. The molecule has 0 aliphatic rings. The first kappa shape index (κ1) is 50.9. The van der Waals surface area contributed by atoms with Crippen LogP contribution in [0.25, 0.3) is 0 Å². The summed E-state index contributed by atoms with van der Waals surface area (Å²) in [6.07, 6.45) is 3.72. The maximum atomic E-state index is 10.7. The van der Waals surface area contributed by atoms with Crippen LogP contribution in [0.4, 0.5) is 26.3 Å². The molecule has 0 spiro atoms. The second-order valence-electron chi connectivity index (χ2n) is 9.25. The molecule has 4 aromatic carbocycles. The van der Waals surface area contributed by atoms with Crippen LogP contribution < -0.4 is 21.2 Å². The third kappa shape index (κ3) is 20.7. The molecule has 52 heavy (non-hydrogen) atoms. The van der Waals surface area contributed by atoms with Crippen molar-refractivity contribution < 1.29 is 72.7 Å². The molecule has 0 saturated carbocycles. The molecule has 0 heterocycles. The standard InChI is InChI=1S/C27H26P2.2C2H3N.2CHF3O3S.Pd/c1-5-14-24(15-6-1)28(25-16-7-2-8-17-25)22-13-23-29(26-18-9-3-10-19-26)27-20-11-4-12-21-27;2*1-2-3;2*2-1(3,4)8(5,6)7;/h1-12,14-21H,13,22-23H2;2*1H3;2*(H,5,6,7);/q;;;;;+2/p-2. The Hall–Kier alpha value is -3.22. The molecule has 0 fully saturated rings. The van der Waals surface area contributed by atoms with Crippen LogP contribution in [0.5, 0.6) is 0 Å². The molecule has 0 amide bonds. The van der Waals surface area contributed by atoms with E-state index in [1.807, 2.05) is 0 Å². The van der Waals surface area contributed by atoms with Crippen LogP contribution in [-0.4, -0.2) is 49.3 Å². The van der Waals surface area contributed by atoms with Gasteiger partial charge in [-0.2, -0.15) is 36.9 Å². The summed E-state index contributed by atoms with van der Waals surface area (Å²) >= 11 is 0. The van der Waals surface area contributed by atoms with Crippen molar-refractivity contribution in [2.24, 2.45) is 0 Å². The third-order valence-corrected chi connectivity index (χ3v) is 11.9. The van der Waals surface area contributed by atoms with Gasteiger partial charge in [-0.1, -0.05) is 121 Å². The average molecular weight is 899 g/mol. The first-order chi connectivity index (χ1) is 23.7. The van der Waals surface area contributed by atoms with E-state index < -0.39 is 31.3 Å². The number of benzene rings is 4. The monoisotopic (exact) mass is 898 g/mol. The van der Waals surface area contributed by atoms with E-state index in [1.165, 1.54) is 53.8 Å². The van der Waals surface area contributed by atoms with Crippen molar-refractivity contribution in [1.82, 2.24) is 0 Å². The second-order valence-corrected chi connectivity index (χ2v) is 16.7. The Morgan fingerprint density at radius 2 is 0.673 bits per heavy atom. The number of nitrogens with zero attached hydrogens (tertiary/aromatic N) is 2. The zero-order valence-electron chi connectivity index (χ0n) is 27.3. The first-order valence-corrected chi connectivity index (χ1v) is 20.0. The van der Waals surface area contributed by atoms with E-state index in [-0.39, 0.29) is 36.3 Å². The number of halogens is 6. The molecule has 4 rings (SSSR count). The van der Waals surface area contributed by atoms with Crippen molar-refractivity contribution in [2.45, 2.75) is 31.3 Å². The molecule has 0 bridgehead atoms. The Labute approximate surface area is 316 Å². The largest absolute Gasteiger partial charge is 2.00 e. The summed E-state index contributed by atoms with van der Waals surface area (Å²) in [7, 11) is -12.8. The maximum Gasteiger partial charge on any atom is 2.00 e. The van der Waals surface area contributed by atoms with Crippen molar-refractivity contribution in [3.8, 4) is 12.1 Å². The molecular weight excluding hydrogens is 867 g/mol. The minimum absolute atomic E-state index is 0. The molecule has 0 aromatic heterocycles. The molecule has 0 atom stereocenters. The summed E-state index contributed by atoms with van der Waals surface area (Å²) in [4.78, 5) is 0. The van der Waals surface area contributed by atoms with Gasteiger partial charge in [0.1, 0.15) is 0 Å². The van der Waals surface area contributed by atoms with E-state index in [4.69, 9.17) is 36.5 Å². The van der Waals surface area contributed by atoms with Crippen molar-refractivity contribution >= 4 is 57.3 Å². The van der Waals surface area contributed by atoms with Gasteiger partial charge in [-0.3, -0.25) is 0 Å². The maximum absolute atomic E-state index is 10.7. The number of alkyl halides is 6. The van der Waals surface area contributed by atoms with E-state index in [1.54, 1.807) is 12.1 Å². The second kappa shape index (κ2) is 25.7. The summed E-state index contributed by atoms with van der Waals surface area (Å²) in [5, 5.41) is 20.6. The van der Waals surface area contributed by atoms with Gasteiger partial charge in [0.25, 0.3) is 0 Å². The third-order valence-electron chi connectivity index (χ3n) is 5.60. The van der Waals surface area contributed by atoms with E-state index in [9.17, 15) is 26.3 Å². The molecule has 0 N–H and O–H groups in total. The predicted octanol–water partition coefficient (Wildman–Crippen LogP) is 6.80. The summed E-state index contributed by atoms with van der Waals surface area (Å²) in [6, 6.07) is 47.8. The molecule has 0 radical (unpaired) electrons. The summed E-state index contributed by atoms with van der Waals surface area (Å²) < 4.78 is 118. The molecular formula is C33H32F6N2O6P2PdS2. The van der Waals surface area contributed by atoms with Crippen molar-refractivity contribution in [3.63, 3.8) is 0 Å².